The summed E-state index contributed by atoms with van der Waals surface area (Å²) in [7, 11) is 0. The Bertz CT molecular complexity index is 821. The van der Waals surface area contributed by atoms with Crippen molar-refractivity contribution in [3.8, 4) is 23.0 Å². The van der Waals surface area contributed by atoms with Gasteiger partial charge in [-0.25, -0.2) is 0 Å². The highest BCUT2D eigenvalue weighted by Crippen LogP contribution is 2.33. The van der Waals surface area contributed by atoms with Crippen LogP contribution in [0.5, 0.6) is 23.0 Å². The maximum absolute atomic E-state index is 12.7. The van der Waals surface area contributed by atoms with E-state index in [-0.39, 0.29) is 28.8 Å². The van der Waals surface area contributed by atoms with Crippen LogP contribution in [0.25, 0.3) is 12.2 Å². The Labute approximate surface area is 144 Å². The van der Waals surface area contributed by atoms with Gasteiger partial charge in [0.2, 0.25) is 0 Å². The molecule has 4 N–H and O–H groups in total. The second-order valence-corrected chi connectivity index (χ2v) is 6.01. The second-order valence-electron chi connectivity index (χ2n) is 6.01. The molecule has 0 aliphatic heterocycles. The average molecular weight is 338 g/mol. The van der Waals surface area contributed by atoms with Crippen LogP contribution in [0.1, 0.15) is 30.4 Å². The number of allylic oxidation sites excluding steroid dienone is 2. The predicted octanol–water partition coefficient (Wildman–Crippen LogP) is 3.73. The van der Waals surface area contributed by atoms with Gasteiger partial charge in [-0.3, -0.25) is 4.79 Å². The molecule has 1 fully saturated rings. The molecule has 128 valence electrons. The smallest absolute Gasteiger partial charge is 0.185 e. The lowest BCUT2D eigenvalue weighted by atomic mass is 9.86. The largest absolute Gasteiger partial charge is 0.508 e. The third-order valence-electron chi connectivity index (χ3n) is 4.16. The highest BCUT2D eigenvalue weighted by atomic mass is 16.3. The van der Waals surface area contributed by atoms with Gasteiger partial charge in [-0.1, -0.05) is 0 Å². The normalized spacial score (nSPS) is 18.0. The third kappa shape index (κ3) is 3.66. The second kappa shape index (κ2) is 6.73. The van der Waals surface area contributed by atoms with E-state index in [1.807, 2.05) is 0 Å². The molecule has 1 aliphatic rings. The number of hydrogen-bond donors (Lipinski definition) is 4. The summed E-state index contributed by atoms with van der Waals surface area (Å²) in [5, 5.41) is 38.9. The molecule has 0 spiro atoms. The topological polar surface area (TPSA) is 98.0 Å². The summed E-state index contributed by atoms with van der Waals surface area (Å²) in [6, 6.07) is 8.28. The molecule has 1 aliphatic carbocycles. The summed E-state index contributed by atoms with van der Waals surface area (Å²) < 4.78 is 0. The maximum atomic E-state index is 12.7. The summed E-state index contributed by atoms with van der Waals surface area (Å²) in [6.45, 7) is 0. The van der Waals surface area contributed by atoms with E-state index >= 15 is 0 Å². The number of phenolic OH excluding ortho intramolecular Hbond substituents is 4. The van der Waals surface area contributed by atoms with Gasteiger partial charge >= 0.3 is 0 Å². The number of aromatic hydroxyl groups is 4. The Balaban J connectivity index is 1.96. The van der Waals surface area contributed by atoms with Gasteiger partial charge in [0.15, 0.2) is 5.78 Å². The molecule has 0 atom stereocenters. The molecule has 1 saturated carbocycles. The van der Waals surface area contributed by atoms with E-state index in [1.165, 1.54) is 36.4 Å². The van der Waals surface area contributed by atoms with E-state index in [2.05, 4.69) is 0 Å². The monoisotopic (exact) mass is 338 g/mol. The molecule has 5 heteroatoms. The zero-order chi connectivity index (χ0) is 18.0. The van der Waals surface area contributed by atoms with Crippen molar-refractivity contribution in [2.45, 2.75) is 19.3 Å². The number of phenols is 4. The Morgan fingerprint density at radius 1 is 0.720 bits per heavy atom. The quantitative estimate of drug-likeness (QED) is 0.494. The molecule has 2 aromatic carbocycles. The predicted molar refractivity (Wildman–Crippen MR) is 94.4 cm³/mol. The van der Waals surface area contributed by atoms with Crippen molar-refractivity contribution < 1.29 is 25.2 Å². The average Bonchev–Trinajstić information content (AvgIpc) is 2.58. The molecule has 0 amide bonds. The van der Waals surface area contributed by atoms with E-state index in [9.17, 15) is 25.2 Å². The maximum Gasteiger partial charge on any atom is 0.185 e. The summed E-state index contributed by atoms with van der Waals surface area (Å²) in [5.74, 6) is -0.182. The van der Waals surface area contributed by atoms with Crippen LogP contribution in [0.3, 0.4) is 0 Å². The lowest BCUT2D eigenvalue weighted by Gasteiger charge is -2.17. The van der Waals surface area contributed by atoms with Crippen LogP contribution in [0.15, 0.2) is 47.5 Å². The molecule has 2 aromatic rings. The molecular formula is C20H18O5. The number of rotatable bonds is 2. The minimum Gasteiger partial charge on any atom is -0.508 e. The van der Waals surface area contributed by atoms with Crippen LogP contribution in [0.2, 0.25) is 0 Å². The first kappa shape index (κ1) is 16.6. The van der Waals surface area contributed by atoms with Crippen LogP contribution in [0.4, 0.5) is 0 Å². The van der Waals surface area contributed by atoms with Crippen molar-refractivity contribution >= 4 is 17.9 Å². The van der Waals surface area contributed by atoms with Crippen molar-refractivity contribution in [3.63, 3.8) is 0 Å². The molecular weight excluding hydrogens is 320 g/mol. The summed E-state index contributed by atoms with van der Waals surface area (Å²) in [4.78, 5) is 12.7. The standard InChI is InChI=1S/C20H18O5/c21-16-4-6-18(23)14(10-16)8-12-2-1-3-13(20(12)25)9-15-11-17(22)5-7-19(15)24/h4-11,21-24H,1-3H2. The minimum absolute atomic E-state index is 0.00774. The molecule has 3 rings (SSSR count). The van der Waals surface area contributed by atoms with E-state index in [0.29, 0.717) is 35.1 Å². The number of carbonyl (C=O) groups excluding carboxylic acids is 1. The molecule has 25 heavy (non-hydrogen) atoms. The van der Waals surface area contributed by atoms with Gasteiger partial charge in [0.05, 0.1) is 0 Å². The van der Waals surface area contributed by atoms with Gasteiger partial charge in [0, 0.05) is 22.3 Å². The van der Waals surface area contributed by atoms with E-state index < -0.39 is 0 Å². The van der Waals surface area contributed by atoms with E-state index in [0.717, 1.165) is 6.42 Å². The fourth-order valence-corrected chi connectivity index (χ4v) is 2.87. The fraction of sp³-hybridized carbons (Fsp3) is 0.150. The van der Waals surface area contributed by atoms with Crippen LogP contribution in [0, 0.1) is 0 Å². The molecule has 0 unspecified atom stereocenters. The van der Waals surface area contributed by atoms with E-state index in [4.69, 9.17) is 0 Å². The van der Waals surface area contributed by atoms with Crippen molar-refractivity contribution in [1.82, 2.24) is 0 Å². The number of hydrogen-bond acceptors (Lipinski definition) is 5. The van der Waals surface area contributed by atoms with Crippen LogP contribution >= 0.6 is 0 Å². The van der Waals surface area contributed by atoms with Gasteiger partial charge in [-0.05, 0) is 67.8 Å². The molecule has 0 aromatic heterocycles. The molecule has 0 saturated heterocycles. The number of Topliss-reactive ketones (excluding diaryl/α,β-unsaturated/α-hetero) is 1. The highest BCUT2D eigenvalue weighted by molar-refractivity contribution is 6.14. The van der Waals surface area contributed by atoms with Gasteiger partial charge in [-0.15, -0.1) is 0 Å². The summed E-state index contributed by atoms with van der Waals surface area (Å²) in [5.41, 5.74) is 1.81. The Hall–Kier alpha value is -3.21. The van der Waals surface area contributed by atoms with Crippen molar-refractivity contribution in [2.75, 3.05) is 0 Å². The molecule has 0 heterocycles. The minimum atomic E-state index is -0.170. The summed E-state index contributed by atoms with van der Waals surface area (Å²) in [6.07, 6.45) is 5.04. The fourth-order valence-electron chi connectivity index (χ4n) is 2.87. The van der Waals surface area contributed by atoms with Crippen molar-refractivity contribution in [2.24, 2.45) is 0 Å². The number of carbonyl (C=O) groups is 1. The first-order chi connectivity index (χ1) is 11.9. The van der Waals surface area contributed by atoms with Gasteiger partial charge in [0.25, 0.3) is 0 Å². The summed E-state index contributed by atoms with van der Waals surface area (Å²) >= 11 is 0. The SMILES string of the molecule is O=C1C(=Cc2cc(O)ccc2O)CCCC1=Cc1cc(O)ccc1O. The Kier molecular flexibility index (Phi) is 4.48. The first-order valence-corrected chi connectivity index (χ1v) is 7.94. The lowest BCUT2D eigenvalue weighted by Crippen LogP contribution is -2.12. The molecule has 0 radical (unpaired) electrons. The van der Waals surface area contributed by atoms with Crippen LogP contribution in [-0.4, -0.2) is 26.2 Å². The van der Waals surface area contributed by atoms with Crippen molar-refractivity contribution in [1.29, 1.82) is 0 Å². The van der Waals surface area contributed by atoms with Crippen LogP contribution in [-0.2, 0) is 4.79 Å². The Morgan fingerprint density at radius 3 is 1.60 bits per heavy atom. The van der Waals surface area contributed by atoms with Gasteiger partial charge in [0.1, 0.15) is 23.0 Å². The number of benzene rings is 2. The van der Waals surface area contributed by atoms with Crippen LogP contribution < -0.4 is 0 Å². The molecule has 0 bridgehead atoms. The van der Waals surface area contributed by atoms with E-state index in [1.54, 1.807) is 12.2 Å². The Morgan fingerprint density at radius 2 is 1.16 bits per heavy atom. The first-order valence-electron chi connectivity index (χ1n) is 7.94. The zero-order valence-corrected chi connectivity index (χ0v) is 13.4. The zero-order valence-electron chi connectivity index (χ0n) is 13.4. The van der Waals surface area contributed by atoms with Gasteiger partial charge < -0.3 is 20.4 Å². The third-order valence-corrected chi connectivity index (χ3v) is 4.16. The highest BCUT2D eigenvalue weighted by Gasteiger charge is 2.21. The number of ketones is 1. The lowest BCUT2D eigenvalue weighted by molar-refractivity contribution is -0.112. The molecule has 5 nitrogen and oxygen atoms in total. The van der Waals surface area contributed by atoms with Gasteiger partial charge in [-0.2, -0.15) is 0 Å². The van der Waals surface area contributed by atoms with Crippen molar-refractivity contribution in [3.05, 3.63) is 58.7 Å².